The maximum absolute atomic E-state index is 11.5. The Labute approximate surface area is 99.8 Å². The number of aromatic nitrogens is 2. The van der Waals surface area contributed by atoms with E-state index < -0.39 is 9.84 Å². The fourth-order valence-electron chi connectivity index (χ4n) is 1.70. The van der Waals surface area contributed by atoms with Crippen LogP contribution in [-0.4, -0.2) is 43.0 Å². The summed E-state index contributed by atoms with van der Waals surface area (Å²) in [6, 6.07) is 3.47. The van der Waals surface area contributed by atoms with Gasteiger partial charge in [-0.25, -0.2) is 18.4 Å². The van der Waals surface area contributed by atoms with Gasteiger partial charge in [0.05, 0.1) is 11.5 Å². The van der Waals surface area contributed by atoms with Gasteiger partial charge in [0.15, 0.2) is 9.84 Å². The molecule has 1 aromatic heterocycles. The Balaban J connectivity index is 2.20. The summed E-state index contributed by atoms with van der Waals surface area (Å²) in [6.45, 7) is 0.991. The van der Waals surface area contributed by atoms with E-state index in [1.165, 1.54) is 12.3 Å². The summed E-state index contributed by atoms with van der Waals surface area (Å²) in [7, 11) is -2.94. The monoisotopic (exact) mass is 252 g/mol. The molecule has 90 valence electrons. The van der Waals surface area contributed by atoms with Crippen LogP contribution in [0.15, 0.2) is 12.3 Å². The van der Waals surface area contributed by atoms with Crippen LogP contribution in [-0.2, 0) is 9.84 Å². The van der Waals surface area contributed by atoms with Crippen LogP contribution in [0, 0.1) is 11.3 Å². The number of hydrogen-bond donors (Lipinski definition) is 0. The van der Waals surface area contributed by atoms with Gasteiger partial charge in [-0.3, -0.25) is 0 Å². The lowest BCUT2D eigenvalue weighted by molar-refractivity contribution is 0.597. The molecule has 0 unspecified atom stereocenters. The Morgan fingerprint density at radius 2 is 2.18 bits per heavy atom. The second-order valence-electron chi connectivity index (χ2n) is 3.85. The molecule has 1 saturated heterocycles. The van der Waals surface area contributed by atoms with Gasteiger partial charge < -0.3 is 4.90 Å². The molecule has 1 fully saturated rings. The maximum atomic E-state index is 11.5. The Kier molecular flexibility index (Phi) is 3.24. The molecule has 0 bridgehead atoms. The van der Waals surface area contributed by atoms with Crippen molar-refractivity contribution >= 4 is 15.8 Å². The molecule has 0 aliphatic carbocycles. The van der Waals surface area contributed by atoms with Crippen LogP contribution < -0.4 is 4.90 Å². The van der Waals surface area contributed by atoms with Gasteiger partial charge in [-0.05, 0) is 12.5 Å². The lowest BCUT2D eigenvalue weighted by Gasteiger charge is -2.18. The van der Waals surface area contributed by atoms with E-state index in [9.17, 15) is 8.42 Å². The van der Waals surface area contributed by atoms with Crippen LogP contribution in [0.1, 0.15) is 12.1 Å². The molecule has 0 amide bonds. The van der Waals surface area contributed by atoms with Crippen LogP contribution in [0.4, 0.5) is 5.95 Å². The standard InChI is InChI=1S/C10H12N4O2S/c11-8-9-2-3-12-10(13-9)14-4-1-6-17(15,16)7-5-14/h2-3H,1,4-7H2. The topological polar surface area (TPSA) is 87.0 Å². The Morgan fingerprint density at radius 1 is 1.35 bits per heavy atom. The third kappa shape index (κ3) is 2.91. The van der Waals surface area contributed by atoms with Gasteiger partial charge in [0, 0.05) is 19.3 Å². The zero-order valence-corrected chi connectivity index (χ0v) is 10.0. The lowest BCUT2D eigenvalue weighted by Crippen LogP contribution is -2.28. The molecule has 7 heteroatoms. The number of nitriles is 1. The van der Waals surface area contributed by atoms with Crippen LogP contribution in [0.25, 0.3) is 0 Å². The van der Waals surface area contributed by atoms with Gasteiger partial charge in [-0.2, -0.15) is 5.26 Å². The second kappa shape index (κ2) is 4.67. The van der Waals surface area contributed by atoms with E-state index in [1.54, 1.807) is 0 Å². The molecule has 0 atom stereocenters. The van der Waals surface area contributed by atoms with Gasteiger partial charge in [0.2, 0.25) is 5.95 Å². The molecule has 1 aliphatic heterocycles. The van der Waals surface area contributed by atoms with E-state index >= 15 is 0 Å². The lowest BCUT2D eigenvalue weighted by atomic mass is 10.4. The molecule has 1 aliphatic rings. The van der Waals surface area contributed by atoms with Gasteiger partial charge in [0.25, 0.3) is 0 Å². The molecule has 1 aromatic rings. The number of rotatable bonds is 1. The normalized spacial score (nSPS) is 19.4. The minimum Gasteiger partial charge on any atom is -0.340 e. The Morgan fingerprint density at radius 3 is 2.94 bits per heavy atom. The first-order valence-electron chi connectivity index (χ1n) is 5.29. The average Bonchev–Trinajstić information content (AvgIpc) is 2.50. The van der Waals surface area contributed by atoms with Crippen molar-refractivity contribution in [3.05, 3.63) is 18.0 Å². The van der Waals surface area contributed by atoms with E-state index in [2.05, 4.69) is 9.97 Å². The quantitative estimate of drug-likeness (QED) is 0.697. The maximum Gasteiger partial charge on any atom is 0.226 e. The van der Waals surface area contributed by atoms with Crippen molar-refractivity contribution in [3.63, 3.8) is 0 Å². The number of sulfone groups is 1. The minimum atomic E-state index is -2.94. The first kappa shape index (κ1) is 11.8. The molecule has 0 radical (unpaired) electrons. The highest BCUT2D eigenvalue weighted by Crippen LogP contribution is 2.12. The zero-order chi connectivity index (χ0) is 12.3. The van der Waals surface area contributed by atoms with Gasteiger partial charge in [-0.15, -0.1) is 0 Å². The van der Waals surface area contributed by atoms with Crippen LogP contribution >= 0.6 is 0 Å². The summed E-state index contributed by atoms with van der Waals surface area (Å²) >= 11 is 0. The smallest absolute Gasteiger partial charge is 0.226 e. The molecule has 6 nitrogen and oxygen atoms in total. The summed E-state index contributed by atoms with van der Waals surface area (Å²) in [6.07, 6.45) is 2.09. The van der Waals surface area contributed by atoms with Crippen molar-refractivity contribution in [2.75, 3.05) is 29.5 Å². The minimum absolute atomic E-state index is 0.118. The zero-order valence-electron chi connectivity index (χ0n) is 9.20. The van der Waals surface area contributed by atoms with Crippen molar-refractivity contribution < 1.29 is 8.42 Å². The van der Waals surface area contributed by atoms with E-state index in [4.69, 9.17) is 5.26 Å². The fourth-order valence-corrected chi connectivity index (χ4v) is 2.97. The molecular weight excluding hydrogens is 240 g/mol. The summed E-state index contributed by atoms with van der Waals surface area (Å²) in [5.74, 6) is 0.760. The van der Waals surface area contributed by atoms with Crippen LogP contribution in [0.5, 0.6) is 0 Å². The van der Waals surface area contributed by atoms with Gasteiger partial charge >= 0.3 is 0 Å². The largest absolute Gasteiger partial charge is 0.340 e. The van der Waals surface area contributed by atoms with Gasteiger partial charge in [0.1, 0.15) is 11.8 Å². The third-order valence-corrected chi connectivity index (χ3v) is 4.31. The Bertz CT molecular complexity index is 550. The fraction of sp³-hybridized carbons (Fsp3) is 0.500. The molecule has 0 N–H and O–H groups in total. The average molecular weight is 252 g/mol. The first-order valence-corrected chi connectivity index (χ1v) is 7.11. The summed E-state index contributed by atoms with van der Waals surface area (Å²) in [5.41, 5.74) is 0.294. The van der Waals surface area contributed by atoms with Crippen LogP contribution in [0.3, 0.4) is 0 Å². The molecule has 0 aromatic carbocycles. The number of nitrogens with zero attached hydrogens (tertiary/aromatic N) is 4. The molecule has 2 rings (SSSR count). The predicted octanol–water partition coefficient (Wildman–Crippen LogP) is -0.0268. The van der Waals surface area contributed by atoms with Crippen molar-refractivity contribution in [2.24, 2.45) is 0 Å². The molecule has 0 spiro atoms. The van der Waals surface area contributed by atoms with E-state index in [1.807, 2.05) is 11.0 Å². The summed E-state index contributed by atoms with van der Waals surface area (Å²) < 4.78 is 22.9. The second-order valence-corrected chi connectivity index (χ2v) is 6.15. The molecular formula is C10H12N4O2S. The predicted molar refractivity (Wildman–Crippen MR) is 62.2 cm³/mol. The van der Waals surface area contributed by atoms with Crippen molar-refractivity contribution in [2.45, 2.75) is 6.42 Å². The molecule has 17 heavy (non-hydrogen) atoms. The number of hydrogen-bond acceptors (Lipinski definition) is 6. The summed E-state index contributed by atoms with van der Waals surface area (Å²) in [5, 5.41) is 8.74. The highest BCUT2D eigenvalue weighted by Gasteiger charge is 2.20. The van der Waals surface area contributed by atoms with E-state index in [0.29, 0.717) is 31.2 Å². The van der Waals surface area contributed by atoms with E-state index in [-0.39, 0.29) is 11.5 Å². The Hall–Kier alpha value is -1.68. The van der Waals surface area contributed by atoms with Crippen molar-refractivity contribution in [1.82, 2.24) is 9.97 Å². The first-order chi connectivity index (χ1) is 8.11. The SMILES string of the molecule is N#Cc1ccnc(N2CCCS(=O)(=O)CC2)n1. The third-order valence-electron chi connectivity index (χ3n) is 2.60. The number of anilines is 1. The van der Waals surface area contributed by atoms with E-state index in [0.717, 1.165) is 0 Å². The highest BCUT2D eigenvalue weighted by molar-refractivity contribution is 7.91. The molecule has 0 saturated carbocycles. The van der Waals surface area contributed by atoms with Crippen LogP contribution in [0.2, 0.25) is 0 Å². The highest BCUT2D eigenvalue weighted by atomic mass is 32.2. The van der Waals surface area contributed by atoms with Gasteiger partial charge in [-0.1, -0.05) is 0 Å². The summed E-state index contributed by atoms with van der Waals surface area (Å²) in [4.78, 5) is 9.94. The van der Waals surface area contributed by atoms with Crippen molar-refractivity contribution in [1.29, 1.82) is 5.26 Å². The molecule has 2 heterocycles. The van der Waals surface area contributed by atoms with Crippen molar-refractivity contribution in [3.8, 4) is 6.07 Å².